The predicted octanol–water partition coefficient (Wildman–Crippen LogP) is 16.3. The molecule has 0 rings (SSSR count). The summed E-state index contributed by atoms with van der Waals surface area (Å²) < 4.78 is 0.843. The molecule has 14 nitrogen and oxygen atoms in total. The van der Waals surface area contributed by atoms with E-state index in [2.05, 4.69) is 83.1 Å². The minimum absolute atomic E-state index is 0.000897. The van der Waals surface area contributed by atoms with Crippen molar-refractivity contribution >= 4 is 99.4 Å². The Balaban J connectivity index is -0.00000126. The van der Waals surface area contributed by atoms with Crippen LogP contribution < -0.4 is 0 Å². The van der Waals surface area contributed by atoms with Crippen molar-refractivity contribution in [2.75, 3.05) is 79.2 Å². The van der Waals surface area contributed by atoms with E-state index >= 15 is 0 Å². The maximum atomic E-state index is 13.1. The number of Topliss-reactive ketones (excluding diaryl/α,β-unsaturated/α-hetero) is 3. The third-order valence-electron chi connectivity index (χ3n) is 15.5. The van der Waals surface area contributed by atoms with Crippen LogP contribution in [0.15, 0.2) is 0 Å². The average Bonchev–Trinajstić information content (AvgIpc) is 1.95. The molecule has 0 heterocycles. The first-order valence-corrected chi connectivity index (χ1v) is 37.5. The average molecular weight is 1340 g/mol. The van der Waals surface area contributed by atoms with Gasteiger partial charge in [0.1, 0.15) is 35.5 Å². The Morgan fingerprint density at radius 3 is 0.833 bits per heavy atom. The van der Waals surface area contributed by atoms with Gasteiger partial charge in [-0.15, -0.1) is 0 Å². The van der Waals surface area contributed by atoms with Crippen LogP contribution >= 0.6 is 47.5 Å². The van der Waals surface area contributed by atoms with E-state index in [9.17, 15) is 38.4 Å². The van der Waals surface area contributed by atoms with E-state index in [1.165, 1.54) is 16.2 Å². The summed E-state index contributed by atoms with van der Waals surface area (Å²) in [4.78, 5) is 114. The van der Waals surface area contributed by atoms with Gasteiger partial charge in [-0.2, -0.15) is 35.3 Å². The third-order valence-corrected chi connectivity index (χ3v) is 20.0. The number of thiocarbonyl (C=S) groups is 1. The quantitative estimate of drug-likeness (QED) is 0.0424. The molecule has 0 spiro atoms. The Morgan fingerprint density at radius 1 is 0.333 bits per heavy atom. The SMILES string of the molecule is CCCCN(C)C(=O)C(CC(=O)C(C)(C)C)N(C)C(=O)CCCCCCSC(C)(C)C.CCCCN(C)C(=O)C(CC(=O)C(C)(C)C)N(C)C(=O)CCCCSC(C)(C)C.CCCCN(C)C(=O)C(CC(=O)C(C)(C)C)N(C)C(=S)CCCCCSC(C)(C)C. The van der Waals surface area contributed by atoms with Crippen molar-refractivity contribution in [3.05, 3.63) is 0 Å². The zero-order valence-electron chi connectivity index (χ0n) is 62.9. The molecule has 0 aliphatic heterocycles. The fourth-order valence-electron chi connectivity index (χ4n) is 8.75. The highest BCUT2D eigenvalue weighted by atomic mass is 32.2. The number of amides is 5. The molecule has 90 heavy (non-hydrogen) atoms. The molecular formula is C72H138N6O8S4. The highest BCUT2D eigenvalue weighted by Crippen LogP contribution is 2.29. The van der Waals surface area contributed by atoms with E-state index in [1.807, 2.05) is 117 Å². The van der Waals surface area contributed by atoms with Gasteiger partial charge >= 0.3 is 0 Å². The lowest BCUT2D eigenvalue weighted by molar-refractivity contribution is -0.146. The molecule has 0 radical (unpaired) electrons. The molecule has 0 aromatic heterocycles. The Hall–Kier alpha value is -2.70. The van der Waals surface area contributed by atoms with Crippen LogP contribution in [0.5, 0.6) is 0 Å². The second-order valence-electron chi connectivity index (χ2n) is 30.8. The molecule has 18 heteroatoms. The van der Waals surface area contributed by atoms with Gasteiger partial charge in [0.15, 0.2) is 0 Å². The van der Waals surface area contributed by atoms with E-state index in [0.717, 1.165) is 119 Å². The van der Waals surface area contributed by atoms with E-state index in [-0.39, 0.29) is 70.9 Å². The lowest BCUT2D eigenvalue weighted by Crippen LogP contribution is -2.50. The second kappa shape index (κ2) is 45.6. The summed E-state index contributed by atoms with van der Waals surface area (Å²) in [6, 6.07) is -1.95. The number of hydrogen-bond acceptors (Lipinski definition) is 12. The highest BCUT2D eigenvalue weighted by molar-refractivity contribution is 8.01. The maximum absolute atomic E-state index is 13.1. The van der Waals surface area contributed by atoms with Gasteiger partial charge in [-0.1, -0.05) is 196 Å². The van der Waals surface area contributed by atoms with Crippen molar-refractivity contribution in [2.45, 2.75) is 313 Å². The van der Waals surface area contributed by atoms with Crippen LogP contribution in [0.3, 0.4) is 0 Å². The highest BCUT2D eigenvalue weighted by Gasteiger charge is 2.37. The van der Waals surface area contributed by atoms with Gasteiger partial charge in [-0.05, 0) is 81.5 Å². The molecule has 0 bridgehead atoms. The molecule has 0 aromatic carbocycles. The van der Waals surface area contributed by atoms with Crippen LogP contribution in [0.1, 0.15) is 280 Å². The van der Waals surface area contributed by atoms with Crippen molar-refractivity contribution in [3.63, 3.8) is 0 Å². The molecule has 0 saturated carbocycles. The summed E-state index contributed by atoms with van der Waals surface area (Å²) >= 11 is 11.5. The van der Waals surface area contributed by atoms with Crippen molar-refractivity contribution in [2.24, 2.45) is 16.2 Å². The summed E-state index contributed by atoms with van der Waals surface area (Å²) in [5, 5.41) is 0. The summed E-state index contributed by atoms with van der Waals surface area (Å²) in [5.74, 6) is 3.03. The lowest BCUT2D eigenvalue weighted by Gasteiger charge is -2.33. The fraction of sp³-hybridized carbons (Fsp3) is 0.875. The minimum atomic E-state index is -0.722. The molecule has 0 fully saturated rings. The number of thioether (sulfide) groups is 3. The largest absolute Gasteiger partial charge is 0.357 e. The van der Waals surface area contributed by atoms with Gasteiger partial charge in [0.2, 0.25) is 29.5 Å². The van der Waals surface area contributed by atoms with E-state index in [0.29, 0.717) is 42.0 Å². The van der Waals surface area contributed by atoms with Crippen molar-refractivity contribution in [1.82, 2.24) is 29.4 Å². The molecule has 0 aliphatic rings. The molecule has 3 atom stereocenters. The first-order chi connectivity index (χ1) is 41.1. The molecule has 3 unspecified atom stereocenters. The number of rotatable bonds is 39. The lowest BCUT2D eigenvalue weighted by atomic mass is 9.86. The zero-order valence-corrected chi connectivity index (χ0v) is 66.2. The fourth-order valence-corrected chi connectivity index (χ4v) is 11.9. The van der Waals surface area contributed by atoms with Crippen LogP contribution in [0.4, 0.5) is 0 Å². The molecule has 5 amide bonds. The van der Waals surface area contributed by atoms with Gasteiger partial charge in [0.25, 0.3) is 0 Å². The third kappa shape index (κ3) is 44.1. The molecular weight excluding hydrogens is 1210 g/mol. The summed E-state index contributed by atoms with van der Waals surface area (Å²) in [6.45, 7) is 45.1. The van der Waals surface area contributed by atoms with Gasteiger partial charge in [0.05, 0.1) is 4.99 Å². The van der Waals surface area contributed by atoms with E-state index < -0.39 is 34.4 Å². The summed E-state index contributed by atoms with van der Waals surface area (Å²) in [7, 11) is 10.6. The van der Waals surface area contributed by atoms with Crippen molar-refractivity contribution < 1.29 is 38.4 Å². The number of nitrogens with zero attached hydrogens (tertiary/aromatic N) is 6. The Bertz CT molecular complexity index is 2120. The van der Waals surface area contributed by atoms with Crippen LogP contribution in [0.25, 0.3) is 0 Å². The smallest absolute Gasteiger partial charge is 0.245 e. The van der Waals surface area contributed by atoms with Crippen molar-refractivity contribution in [1.29, 1.82) is 0 Å². The maximum Gasteiger partial charge on any atom is 0.245 e. The van der Waals surface area contributed by atoms with E-state index in [1.54, 1.807) is 42.9 Å². The predicted molar refractivity (Wildman–Crippen MR) is 394 cm³/mol. The van der Waals surface area contributed by atoms with Crippen LogP contribution in [-0.2, 0) is 38.4 Å². The molecule has 0 aromatic rings. The van der Waals surface area contributed by atoms with Gasteiger partial charge in [-0.3, -0.25) is 38.4 Å². The number of carbonyl (C=O) groups is 8. The van der Waals surface area contributed by atoms with Crippen LogP contribution in [-0.4, -0.2) is 193 Å². The number of carbonyl (C=O) groups excluding carboxylic acids is 8. The normalized spacial score (nSPS) is 13.1. The minimum Gasteiger partial charge on any atom is -0.357 e. The molecule has 0 saturated heterocycles. The van der Waals surface area contributed by atoms with Gasteiger partial charge in [-0.25, -0.2) is 0 Å². The Morgan fingerprint density at radius 2 is 0.567 bits per heavy atom. The topological polar surface area (TPSA) is 156 Å². The monoisotopic (exact) mass is 1340 g/mol. The molecule has 528 valence electrons. The van der Waals surface area contributed by atoms with E-state index in [4.69, 9.17) is 12.2 Å². The summed E-state index contributed by atoms with van der Waals surface area (Å²) in [6.07, 6.45) is 17.0. The Kier molecular flexibility index (Phi) is 46.4. The number of ketones is 3. The standard InChI is InChI=1S/C25H48N2O3S.C24H46N2O2S2.C23H44N2O3S/c1-10-11-17-26(8)23(30)20(19-21(28)24(2,3)4)27(9)22(29)16-14-12-13-15-18-31-25(5,6)7;1-10-11-16-25(8)22(28)19(18-20(27)23(2,3)4)26(9)21(29)15-13-12-14-17-30-24(5,6)7;1-10-11-15-24(8)21(28)18(17-19(26)22(2,3)4)25(9)20(27)14-12-13-16-29-23(5,6)7/h20H,10-19H2,1-9H3;19H,10-18H2,1-9H3;18H,10-17H2,1-9H3. The van der Waals surface area contributed by atoms with Gasteiger partial charge < -0.3 is 29.4 Å². The Labute approximate surface area is 571 Å². The zero-order chi connectivity index (χ0) is 70.6. The van der Waals surface area contributed by atoms with Gasteiger partial charge in [0, 0.05) is 125 Å². The first kappa shape index (κ1) is 91.5. The number of unbranched alkanes of at least 4 members (excludes halogenated alkanes) is 9. The summed E-state index contributed by atoms with van der Waals surface area (Å²) in [5.41, 5.74) is -1.53. The second-order valence-corrected chi connectivity index (χ2v) is 37.1. The van der Waals surface area contributed by atoms with Crippen LogP contribution in [0.2, 0.25) is 0 Å². The molecule has 0 N–H and O–H groups in total. The number of likely N-dealkylation sites (N-methyl/N-ethyl adjacent to an activating group) is 6. The number of hydrogen-bond donors (Lipinski definition) is 0. The van der Waals surface area contributed by atoms with Crippen LogP contribution in [0, 0.1) is 16.2 Å². The first-order valence-electron chi connectivity index (χ1n) is 34.1. The molecule has 0 aliphatic carbocycles. The van der Waals surface area contributed by atoms with Crippen molar-refractivity contribution in [3.8, 4) is 0 Å².